The zero-order valence-electron chi connectivity index (χ0n) is 12.9. The highest BCUT2D eigenvalue weighted by molar-refractivity contribution is 7.89. The third-order valence-corrected chi connectivity index (χ3v) is 6.26. The molecule has 118 valence electrons. The average Bonchev–Trinajstić information content (AvgIpc) is 2.38. The summed E-state index contributed by atoms with van der Waals surface area (Å²) in [5.74, 6) is 0.208. The van der Waals surface area contributed by atoms with Crippen molar-refractivity contribution in [3.8, 4) is 0 Å². The van der Waals surface area contributed by atoms with E-state index in [9.17, 15) is 8.42 Å². The van der Waals surface area contributed by atoms with Crippen molar-refractivity contribution in [1.82, 2.24) is 9.62 Å². The molecule has 2 fully saturated rings. The van der Waals surface area contributed by atoms with Crippen LogP contribution < -0.4 is 5.32 Å². The van der Waals surface area contributed by atoms with Crippen LogP contribution in [0, 0.1) is 0 Å². The molecule has 0 aromatic carbocycles. The molecule has 2 heterocycles. The molecule has 1 N–H and O–H groups in total. The largest absolute Gasteiger partial charge is 0.375 e. The maximum atomic E-state index is 11.8. The topological polar surface area (TPSA) is 58.6 Å². The van der Waals surface area contributed by atoms with E-state index >= 15 is 0 Å². The standard InChI is InChI=1S/C14H28N2O3S/c1-4-20(17,18)16-8-5-12(6-9-16)15-13-7-10-19-14(2,3)11-13/h12-13,15H,4-11H2,1-3H3. The van der Waals surface area contributed by atoms with Crippen molar-refractivity contribution in [3.05, 3.63) is 0 Å². The second kappa shape index (κ2) is 6.30. The van der Waals surface area contributed by atoms with Gasteiger partial charge in [0.25, 0.3) is 0 Å². The number of hydrogen-bond donors (Lipinski definition) is 1. The van der Waals surface area contributed by atoms with Crippen molar-refractivity contribution in [2.24, 2.45) is 0 Å². The number of nitrogens with zero attached hydrogens (tertiary/aromatic N) is 1. The summed E-state index contributed by atoms with van der Waals surface area (Å²) in [6, 6.07) is 0.940. The molecule has 0 aliphatic carbocycles. The van der Waals surface area contributed by atoms with Gasteiger partial charge in [-0.25, -0.2) is 12.7 Å². The fourth-order valence-electron chi connectivity index (χ4n) is 3.19. The summed E-state index contributed by atoms with van der Waals surface area (Å²) < 4.78 is 31.0. The normalized spacial score (nSPS) is 29.4. The van der Waals surface area contributed by atoms with Gasteiger partial charge in [-0.15, -0.1) is 0 Å². The van der Waals surface area contributed by atoms with Crippen LogP contribution in [0.25, 0.3) is 0 Å². The molecule has 0 amide bonds. The molecule has 0 bridgehead atoms. The monoisotopic (exact) mass is 304 g/mol. The van der Waals surface area contributed by atoms with Crippen molar-refractivity contribution >= 4 is 10.0 Å². The molecule has 2 aliphatic rings. The van der Waals surface area contributed by atoms with E-state index in [1.54, 1.807) is 11.2 Å². The Hall–Kier alpha value is -0.170. The molecule has 0 spiro atoms. The van der Waals surface area contributed by atoms with E-state index in [-0.39, 0.29) is 11.4 Å². The molecule has 0 saturated carbocycles. The number of hydrogen-bond acceptors (Lipinski definition) is 4. The summed E-state index contributed by atoms with van der Waals surface area (Å²) in [5, 5.41) is 3.70. The molecular weight excluding hydrogens is 276 g/mol. The second-order valence-electron chi connectivity index (χ2n) is 6.54. The molecule has 6 heteroatoms. The highest BCUT2D eigenvalue weighted by Gasteiger charge is 2.32. The highest BCUT2D eigenvalue weighted by atomic mass is 32.2. The number of rotatable bonds is 4. The van der Waals surface area contributed by atoms with E-state index in [0.717, 1.165) is 32.3 Å². The van der Waals surface area contributed by atoms with E-state index < -0.39 is 10.0 Å². The Morgan fingerprint density at radius 2 is 1.85 bits per heavy atom. The van der Waals surface area contributed by atoms with Crippen LogP contribution in [0.2, 0.25) is 0 Å². The summed E-state index contributed by atoms with van der Waals surface area (Å²) in [4.78, 5) is 0. The van der Waals surface area contributed by atoms with Gasteiger partial charge in [0.05, 0.1) is 11.4 Å². The summed E-state index contributed by atoms with van der Waals surface area (Å²) in [7, 11) is -3.01. The van der Waals surface area contributed by atoms with Crippen molar-refractivity contribution in [2.75, 3.05) is 25.4 Å². The van der Waals surface area contributed by atoms with Gasteiger partial charge in [-0.2, -0.15) is 0 Å². The minimum Gasteiger partial charge on any atom is -0.375 e. The van der Waals surface area contributed by atoms with Gasteiger partial charge in [-0.3, -0.25) is 0 Å². The quantitative estimate of drug-likeness (QED) is 0.852. The SMILES string of the molecule is CCS(=O)(=O)N1CCC(NC2CCOC(C)(C)C2)CC1. The first kappa shape index (κ1) is 16.2. The molecule has 0 radical (unpaired) electrons. The highest BCUT2D eigenvalue weighted by Crippen LogP contribution is 2.25. The summed E-state index contributed by atoms with van der Waals surface area (Å²) in [6.45, 7) is 8.10. The predicted octanol–water partition coefficient (Wildman–Crippen LogP) is 1.35. The van der Waals surface area contributed by atoms with Crippen molar-refractivity contribution in [3.63, 3.8) is 0 Å². The first-order valence-corrected chi connectivity index (χ1v) is 9.31. The Kier molecular flexibility index (Phi) is 5.10. The second-order valence-corrected chi connectivity index (χ2v) is 8.80. The first-order chi connectivity index (χ1) is 9.32. The van der Waals surface area contributed by atoms with Gasteiger partial charge in [0.2, 0.25) is 10.0 Å². The lowest BCUT2D eigenvalue weighted by Gasteiger charge is -2.39. The number of piperidine rings is 1. The van der Waals surface area contributed by atoms with Gasteiger partial charge in [-0.05, 0) is 46.5 Å². The molecular formula is C14H28N2O3S. The van der Waals surface area contributed by atoms with Crippen molar-refractivity contribution in [2.45, 2.75) is 64.1 Å². The molecule has 2 saturated heterocycles. The van der Waals surface area contributed by atoms with E-state index in [0.29, 0.717) is 25.2 Å². The number of ether oxygens (including phenoxy) is 1. The van der Waals surface area contributed by atoms with Gasteiger partial charge in [0, 0.05) is 31.8 Å². The Labute approximate surface area is 123 Å². The van der Waals surface area contributed by atoms with Crippen LogP contribution in [0.5, 0.6) is 0 Å². The van der Waals surface area contributed by atoms with Crippen LogP contribution >= 0.6 is 0 Å². The van der Waals surface area contributed by atoms with E-state index in [1.807, 2.05) is 0 Å². The lowest BCUT2D eigenvalue weighted by atomic mass is 9.92. The van der Waals surface area contributed by atoms with Crippen molar-refractivity contribution < 1.29 is 13.2 Å². The Balaban J connectivity index is 1.80. The van der Waals surface area contributed by atoms with Crippen LogP contribution in [0.3, 0.4) is 0 Å². The van der Waals surface area contributed by atoms with Crippen LogP contribution in [0.4, 0.5) is 0 Å². The molecule has 2 rings (SSSR count). The summed E-state index contributed by atoms with van der Waals surface area (Å²) >= 11 is 0. The maximum absolute atomic E-state index is 11.8. The third kappa shape index (κ3) is 4.16. The Morgan fingerprint density at radius 1 is 1.20 bits per heavy atom. The number of sulfonamides is 1. The van der Waals surface area contributed by atoms with E-state index in [2.05, 4.69) is 19.2 Å². The van der Waals surface area contributed by atoms with Gasteiger partial charge >= 0.3 is 0 Å². The van der Waals surface area contributed by atoms with Crippen molar-refractivity contribution in [1.29, 1.82) is 0 Å². The van der Waals surface area contributed by atoms with Crippen LogP contribution in [-0.2, 0) is 14.8 Å². The third-order valence-electron chi connectivity index (χ3n) is 4.38. The Morgan fingerprint density at radius 3 is 2.40 bits per heavy atom. The summed E-state index contributed by atoms with van der Waals surface area (Å²) in [6.07, 6.45) is 3.91. The molecule has 1 atom stereocenters. The predicted molar refractivity (Wildman–Crippen MR) is 80.2 cm³/mol. The molecule has 1 unspecified atom stereocenters. The fourth-order valence-corrected chi connectivity index (χ4v) is 4.32. The lowest BCUT2D eigenvalue weighted by molar-refractivity contribution is -0.0646. The zero-order chi connectivity index (χ0) is 14.8. The molecule has 0 aromatic rings. The zero-order valence-corrected chi connectivity index (χ0v) is 13.7. The molecule has 20 heavy (non-hydrogen) atoms. The van der Waals surface area contributed by atoms with E-state index in [1.165, 1.54) is 0 Å². The van der Waals surface area contributed by atoms with Gasteiger partial charge < -0.3 is 10.1 Å². The molecule has 2 aliphatic heterocycles. The van der Waals surface area contributed by atoms with E-state index in [4.69, 9.17) is 4.74 Å². The van der Waals surface area contributed by atoms with Crippen LogP contribution in [0.1, 0.15) is 46.5 Å². The van der Waals surface area contributed by atoms with Gasteiger partial charge in [-0.1, -0.05) is 0 Å². The Bertz CT molecular complexity index is 414. The maximum Gasteiger partial charge on any atom is 0.213 e. The van der Waals surface area contributed by atoms with Gasteiger partial charge in [0.1, 0.15) is 0 Å². The molecule has 5 nitrogen and oxygen atoms in total. The van der Waals surface area contributed by atoms with Crippen LogP contribution in [-0.4, -0.2) is 55.9 Å². The summed E-state index contributed by atoms with van der Waals surface area (Å²) in [5.41, 5.74) is -0.0395. The minimum absolute atomic E-state index is 0.0395. The molecule has 0 aromatic heterocycles. The van der Waals surface area contributed by atoms with Gasteiger partial charge in [0.15, 0.2) is 0 Å². The first-order valence-electron chi connectivity index (χ1n) is 7.70. The smallest absolute Gasteiger partial charge is 0.213 e. The fraction of sp³-hybridized carbons (Fsp3) is 1.00. The average molecular weight is 304 g/mol. The lowest BCUT2D eigenvalue weighted by Crippen LogP contribution is -2.51. The minimum atomic E-state index is -3.01. The number of nitrogens with one attached hydrogen (secondary N) is 1. The van der Waals surface area contributed by atoms with Crippen LogP contribution in [0.15, 0.2) is 0 Å².